The van der Waals surface area contributed by atoms with Crippen LogP contribution >= 0.6 is 35.4 Å². The highest BCUT2D eigenvalue weighted by Crippen LogP contribution is 2.21. The molecule has 2 N–H and O–H groups in total. The van der Waals surface area contributed by atoms with E-state index in [1.165, 1.54) is 0 Å². The topological polar surface area (TPSA) is 36.4 Å². The Balaban J connectivity index is 2.91. The smallest absolute Gasteiger partial charge is 0.186 e. The van der Waals surface area contributed by atoms with Crippen LogP contribution in [0.2, 0.25) is 10.0 Å². The van der Waals surface area contributed by atoms with Crippen molar-refractivity contribution in [3.63, 3.8) is 0 Å². The van der Waals surface area contributed by atoms with Gasteiger partial charge in [0.1, 0.15) is 0 Å². The summed E-state index contributed by atoms with van der Waals surface area (Å²) in [6, 6.07) is 5.22. The van der Waals surface area contributed by atoms with Crippen LogP contribution < -0.4 is 10.7 Å². The molecule has 0 bridgehead atoms. The maximum atomic E-state index is 6.02. The van der Waals surface area contributed by atoms with Crippen LogP contribution in [-0.4, -0.2) is 17.9 Å². The molecule has 6 heteroatoms. The fraction of sp³-hybridized carbons (Fsp3) is 0.200. The third-order valence-electron chi connectivity index (χ3n) is 1.87. The van der Waals surface area contributed by atoms with E-state index in [0.717, 1.165) is 5.56 Å². The molecule has 16 heavy (non-hydrogen) atoms. The molecule has 0 saturated carbocycles. The molecule has 0 aliphatic heterocycles. The Bertz CT molecular complexity index is 432. The van der Waals surface area contributed by atoms with Gasteiger partial charge in [-0.25, -0.2) is 0 Å². The summed E-state index contributed by atoms with van der Waals surface area (Å²) in [6.07, 6.45) is 0. The fourth-order valence-electron chi connectivity index (χ4n) is 1.03. The second-order valence-electron chi connectivity index (χ2n) is 3.01. The Morgan fingerprint density at radius 3 is 2.69 bits per heavy atom. The van der Waals surface area contributed by atoms with Crippen molar-refractivity contribution >= 4 is 46.2 Å². The van der Waals surface area contributed by atoms with Crippen LogP contribution in [0.3, 0.4) is 0 Å². The molecule has 0 aromatic heterocycles. The molecule has 86 valence electrons. The summed E-state index contributed by atoms with van der Waals surface area (Å²) in [7, 11) is 1.71. The van der Waals surface area contributed by atoms with E-state index < -0.39 is 0 Å². The quantitative estimate of drug-likeness (QED) is 0.495. The highest BCUT2D eigenvalue weighted by Gasteiger charge is 2.04. The lowest BCUT2D eigenvalue weighted by molar-refractivity contribution is 0.974. The summed E-state index contributed by atoms with van der Waals surface area (Å²) < 4.78 is 0. The van der Waals surface area contributed by atoms with Gasteiger partial charge in [-0.1, -0.05) is 23.2 Å². The molecule has 3 nitrogen and oxygen atoms in total. The number of nitrogens with one attached hydrogen (secondary N) is 2. The van der Waals surface area contributed by atoms with Crippen LogP contribution in [0.4, 0.5) is 0 Å². The van der Waals surface area contributed by atoms with Gasteiger partial charge in [0.15, 0.2) is 5.11 Å². The first-order chi connectivity index (χ1) is 7.54. The van der Waals surface area contributed by atoms with Crippen molar-refractivity contribution in [1.29, 1.82) is 0 Å². The predicted molar refractivity (Wildman–Crippen MR) is 73.5 cm³/mol. The van der Waals surface area contributed by atoms with Gasteiger partial charge in [0, 0.05) is 22.7 Å². The first-order valence-corrected chi connectivity index (χ1v) is 5.68. The predicted octanol–water partition coefficient (Wildman–Crippen LogP) is 2.81. The standard InChI is InChI=1S/C10H11Cl2N3S/c1-6(14-15-10(16)13-2)8-5-7(11)3-4-9(8)12/h3-5H,1-2H3,(H2,13,15,16)/b14-6+. The summed E-state index contributed by atoms with van der Waals surface area (Å²) in [5, 5.41) is 8.50. The van der Waals surface area contributed by atoms with Crippen LogP contribution in [0.25, 0.3) is 0 Å². The Morgan fingerprint density at radius 1 is 1.38 bits per heavy atom. The third-order valence-corrected chi connectivity index (χ3v) is 2.73. The Labute approximate surface area is 110 Å². The van der Waals surface area contributed by atoms with Crippen molar-refractivity contribution in [1.82, 2.24) is 10.7 Å². The SMILES string of the molecule is CNC(=S)N/N=C(\C)c1cc(Cl)ccc1Cl. The molecule has 0 amide bonds. The Morgan fingerprint density at radius 2 is 2.06 bits per heavy atom. The summed E-state index contributed by atoms with van der Waals surface area (Å²) in [5.74, 6) is 0. The van der Waals surface area contributed by atoms with E-state index in [0.29, 0.717) is 20.9 Å². The summed E-state index contributed by atoms with van der Waals surface area (Å²) in [5.41, 5.74) is 4.18. The molecule has 0 saturated heterocycles. The van der Waals surface area contributed by atoms with Crippen molar-refractivity contribution < 1.29 is 0 Å². The molecule has 1 aromatic carbocycles. The molecule has 0 spiro atoms. The number of hydrogen-bond donors (Lipinski definition) is 2. The van der Waals surface area contributed by atoms with Crippen LogP contribution in [0, 0.1) is 0 Å². The molecule has 0 radical (unpaired) electrons. The number of halogens is 2. The molecule has 0 unspecified atom stereocenters. The van der Waals surface area contributed by atoms with E-state index in [-0.39, 0.29) is 0 Å². The second-order valence-corrected chi connectivity index (χ2v) is 4.26. The van der Waals surface area contributed by atoms with Crippen LogP contribution in [-0.2, 0) is 0 Å². The lowest BCUT2D eigenvalue weighted by atomic mass is 10.1. The zero-order valence-corrected chi connectivity index (χ0v) is 11.2. The molecular weight excluding hydrogens is 265 g/mol. The largest absolute Gasteiger partial charge is 0.364 e. The number of rotatable bonds is 2. The first-order valence-electron chi connectivity index (χ1n) is 4.52. The van der Waals surface area contributed by atoms with Gasteiger partial charge >= 0.3 is 0 Å². The van der Waals surface area contributed by atoms with Crippen molar-refractivity contribution in [3.8, 4) is 0 Å². The van der Waals surface area contributed by atoms with Crippen molar-refractivity contribution in [2.75, 3.05) is 7.05 Å². The third kappa shape index (κ3) is 3.63. The number of hydrogen-bond acceptors (Lipinski definition) is 2. The molecule has 0 aliphatic carbocycles. The van der Waals surface area contributed by atoms with Crippen LogP contribution in [0.5, 0.6) is 0 Å². The van der Waals surface area contributed by atoms with Gasteiger partial charge in [-0.2, -0.15) is 5.10 Å². The van der Waals surface area contributed by atoms with E-state index in [9.17, 15) is 0 Å². The van der Waals surface area contributed by atoms with E-state index in [2.05, 4.69) is 15.8 Å². The lowest BCUT2D eigenvalue weighted by Crippen LogP contribution is -2.29. The minimum absolute atomic E-state index is 0.442. The molecule has 0 atom stereocenters. The summed E-state index contributed by atoms with van der Waals surface area (Å²) >= 11 is 16.8. The van der Waals surface area contributed by atoms with Gasteiger partial charge in [-0.05, 0) is 37.3 Å². The van der Waals surface area contributed by atoms with Gasteiger partial charge in [0.05, 0.1) is 5.71 Å². The normalized spacial score (nSPS) is 11.1. The Hall–Kier alpha value is -0.840. The maximum absolute atomic E-state index is 6.02. The van der Waals surface area contributed by atoms with E-state index in [1.54, 1.807) is 25.2 Å². The molecule has 1 rings (SSSR count). The lowest BCUT2D eigenvalue weighted by Gasteiger charge is -2.06. The van der Waals surface area contributed by atoms with Gasteiger partial charge in [-0.3, -0.25) is 5.43 Å². The molecule has 1 aromatic rings. The molecule has 0 heterocycles. The zero-order valence-electron chi connectivity index (χ0n) is 8.84. The van der Waals surface area contributed by atoms with Crippen LogP contribution in [0.1, 0.15) is 12.5 Å². The van der Waals surface area contributed by atoms with Gasteiger partial charge in [-0.15, -0.1) is 0 Å². The summed E-state index contributed by atoms with van der Waals surface area (Å²) in [6.45, 7) is 1.82. The average Bonchev–Trinajstić information content (AvgIpc) is 2.28. The van der Waals surface area contributed by atoms with Crippen molar-refractivity contribution in [2.45, 2.75) is 6.92 Å². The molecule has 0 fully saturated rings. The average molecular weight is 276 g/mol. The monoisotopic (exact) mass is 275 g/mol. The maximum Gasteiger partial charge on any atom is 0.186 e. The van der Waals surface area contributed by atoms with Gasteiger partial charge in [0.25, 0.3) is 0 Å². The number of benzene rings is 1. The zero-order chi connectivity index (χ0) is 12.1. The number of nitrogens with zero attached hydrogens (tertiary/aromatic N) is 1. The number of thiocarbonyl (C=S) groups is 1. The van der Waals surface area contributed by atoms with E-state index in [4.69, 9.17) is 35.4 Å². The Kier molecular flexibility index (Phi) is 4.99. The fourth-order valence-corrected chi connectivity index (χ4v) is 1.50. The van der Waals surface area contributed by atoms with Crippen LogP contribution in [0.15, 0.2) is 23.3 Å². The number of hydrazone groups is 1. The van der Waals surface area contributed by atoms with Gasteiger partial charge in [0.2, 0.25) is 0 Å². The van der Waals surface area contributed by atoms with Crippen molar-refractivity contribution in [3.05, 3.63) is 33.8 Å². The van der Waals surface area contributed by atoms with Gasteiger partial charge < -0.3 is 5.32 Å². The highest BCUT2D eigenvalue weighted by molar-refractivity contribution is 7.80. The van der Waals surface area contributed by atoms with E-state index in [1.807, 2.05) is 6.92 Å². The molecule has 0 aliphatic rings. The highest BCUT2D eigenvalue weighted by atomic mass is 35.5. The van der Waals surface area contributed by atoms with E-state index >= 15 is 0 Å². The molecular formula is C10H11Cl2N3S. The van der Waals surface area contributed by atoms with Crippen molar-refractivity contribution in [2.24, 2.45) is 5.10 Å². The summed E-state index contributed by atoms with van der Waals surface area (Å²) in [4.78, 5) is 0. The minimum atomic E-state index is 0.442. The second kappa shape index (κ2) is 6.03. The first kappa shape index (κ1) is 13.2. The minimum Gasteiger partial charge on any atom is -0.364 e.